The summed E-state index contributed by atoms with van der Waals surface area (Å²) in [6.45, 7) is 7.29. The highest BCUT2D eigenvalue weighted by atomic mass is 35.5. The number of hydrogen-bond acceptors (Lipinski definition) is 2. The van der Waals surface area contributed by atoms with Crippen molar-refractivity contribution in [3.05, 3.63) is 35.4 Å². The van der Waals surface area contributed by atoms with Crippen LogP contribution in [-0.2, 0) is 0 Å². The Hall–Kier alpha value is -0.570. The first kappa shape index (κ1) is 15.4. The summed E-state index contributed by atoms with van der Waals surface area (Å²) in [6, 6.07) is 0. The Morgan fingerprint density at radius 3 is 2.56 bits per heavy atom. The van der Waals surface area contributed by atoms with Crippen LogP contribution in [0, 0.1) is 0 Å². The highest BCUT2D eigenvalue weighted by molar-refractivity contribution is 6.31. The van der Waals surface area contributed by atoms with E-state index in [0.29, 0.717) is 17.0 Å². The average molecular weight is 245 g/mol. The third-order valence-electron chi connectivity index (χ3n) is 2.42. The molecule has 0 bridgehead atoms. The van der Waals surface area contributed by atoms with Gasteiger partial charge in [-0.15, -0.1) is 0 Å². The fourth-order valence-corrected chi connectivity index (χ4v) is 1.47. The van der Waals surface area contributed by atoms with Crippen molar-refractivity contribution < 1.29 is 10.2 Å². The fraction of sp³-hybridized carbons (Fsp3) is 0.538. The maximum atomic E-state index is 9.83. The molecule has 0 aliphatic rings. The molecular formula is C13H21ClO2. The molecule has 0 aromatic heterocycles. The van der Waals surface area contributed by atoms with Crippen LogP contribution in [0.4, 0.5) is 0 Å². The van der Waals surface area contributed by atoms with Gasteiger partial charge in [-0.2, -0.15) is 0 Å². The van der Waals surface area contributed by atoms with Gasteiger partial charge in [-0.3, -0.25) is 0 Å². The molecule has 2 N–H and O–H groups in total. The van der Waals surface area contributed by atoms with Gasteiger partial charge in [-0.1, -0.05) is 50.1 Å². The van der Waals surface area contributed by atoms with Crippen LogP contribution in [0.3, 0.4) is 0 Å². The van der Waals surface area contributed by atoms with Crippen molar-refractivity contribution in [3.8, 4) is 0 Å². The molecule has 2 unspecified atom stereocenters. The summed E-state index contributed by atoms with van der Waals surface area (Å²) in [5.74, 6) is 0. The number of aliphatic hydroxyl groups excluding tert-OH is 2. The molecule has 2 nitrogen and oxygen atoms in total. The van der Waals surface area contributed by atoms with Crippen LogP contribution < -0.4 is 0 Å². The van der Waals surface area contributed by atoms with Gasteiger partial charge in [0, 0.05) is 5.03 Å². The summed E-state index contributed by atoms with van der Waals surface area (Å²) in [6.07, 6.45) is 5.79. The SMILES string of the molecule is C=C/C=C\C(Cl)=C(/C)C(O)C(O)CCCC. The first-order valence-electron chi connectivity index (χ1n) is 5.56. The monoisotopic (exact) mass is 244 g/mol. The Kier molecular flexibility index (Phi) is 8.26. The van der Waals surface area contributed by atoms with E-state index < -0.39 is 12.2 Å². The Balaban J connectivity index is 4.50. The second kappa shape index (κ2) is 8.57. The zero-order chi connectivity index (χ0) is 12.6. The predicted octanol–water partition coefficient (Wildman–Crippen LogP) is 3.15. The molecule has 0 saturated carbocycles. The Morgan fingerprint density at radius 1 is 1.44 bits per heavy atom. The standard InChI is InChI=1S/C13H21ClO2/c1-4-6-8-11(14)10(3)13(16)12(15)9-7-5-2/h4,6,8,12-13,15-16H,1,5,7,9H2,2-3H3/b8-6-,11-10-. The number of rotatable bonds is 7. The van der Waals surface area contributed by atoms with E-state index in [9.17, 15) is 10.2 Å². The lowest BCUT2D eigenvalue weighted by molar-refractivity contribution is 0.0350. The largest absolute Gasteiger partial charge is 0.390 e. The predicted molar refractivity (Wildman–Crippen MR) is 69.4 cm³/mol. The second-order valence-corrected chi connectivity index (χ2v) is 4.19. The van der Waals surface area contributed by atoms with Crippen LogP contribution >= 0.6 is 11.6 Å². The van der Waals surface area contributed by atoms with E-state index in [4.69, 9.17) is 11.6 Å². The molecule has 0 fully saturated rings. The molecule has 0 rings (SSSR count). The normalized spacial score (nSPS) is 17.1. The van der Waals surface area contributed by atoms with Gasteiger partial charge in [0.15, 0.2) is 0 Å². The average Bonchev–Trinajstić information content (AvgIpc) is 2.30. The van der Waals surface area contributed by atoms with Crippen molar-refractivity contribution in [2.45, 2.75) is 45.3 Å². The summed E-state index contributed by atoms with van der Waals surface area (Å²) < 4.78 is 0. The molecule has 0 amide bonds. The lowest BCUT2D eigenvalue weighted by atomic mass is 10.0. The molecular weight excluding hydrogens is 224 g/mol. The first-order valence-corrected chi connectivity index (χ1v) is 5.93. The third kappa shape index (κ3) is 5.50. The van der Waals surface area contributed by atoms with Crippen LogP contribution in [0.25, 0.3) is 0 Å². The van der Waals surface area contributed by atoms with Gasteiger partial charge in [0.05, 0.1) is 6.10 Å². The number of hydrogen-bond donors (Lipinski definition) is 2. The minimum Gasteiger partial charge on any atom is -0.390 e. The van der Waals surface area contributed by atoms with Crippen LogP contribution in [0.2, 0.25) is 0 Å². The van der Waals surface area contributed by atoms with E-state index in [2.05, 4.69) is 6.58 Å². The van der Waals surface area contributed by atoms with Gasteiger partial charge in [0.25, 0.3) is 0 Å². The van der Waals surface area contributed by atoms with E-state index >= 15 is 0 Å². The lowest BCUT2D eigenvalue weighted by Gasteiger charge is -2.18. The smallest absolute Gasteiger partial charge is 0.102 e. The van der Waals surface area contributed by atoms with Gasteiger partial charge < -0.3 is 10.2 Å². The molecule has 0 aliphatic heterocycles. The molecule has 0 aromatic carbocycles. The molecule has 0 aromatic rings. The number of aliphatic hydroxyl groups is 2. The molecule has 3 heteroatoms. The van der Waals surface area contributed by atoms with Crippen molar-refractivity contribution >= 4 is 11.6 Å². The van der Waals surface area contributed by atoms with Crippen molar-refractivity contribution in [2.75, 3.05) is 0 Å². The summed E-state index contributed by atoms with van der Waals surface area (Å²) in [5, 5.41) is 20.0. The zero-order valence-electron chi connectivity index (χ0n) is 9.99. The van der Waals surface area contributed by atoms with E-state index in [1.54, 1.807) is 25.2 Å². The van der Waals surface area contributed by atoms with Crippen molar-refractivity contribution in [2.24, 2.45) is 0 Å². The molecule has 2 atom stereocenters. The summed E-state index contributed by atoms with van der Waals surface area (Å²) >= 11 is 5.96. The quantitative estimate of drug-likeness (QED) is 0.676. The third-order valence-corrected chi connectivity index (χ3v) is 2.84. The number of halogens is 1. The maximum absolute atomic E-state index is 9.83. The minimum absolute atomic E-state index is 0.447. The molecule has 0 spiro atoms. The fourth-order valence-electron chi connectivity index (χ4n) is 1.28. The van der Waals surface area contributed by atoms with Crippen LogP contribution in [0.1, 0.15) is 33.1 Å². The van der Waals surface area contributed by atoms with E-state index in [1.807, 2.05) is 6.92 Å². The van der Waals surface area contributed by atoms with Crippen molar-refractivity contribution in [1.29, 1.82) is 0 Å². The van der Waals surface area contributed by atoms with Gasteiger partial charge in [-0.25, -0.2) is 0 Å². The van der Waals surface area contributed by atoms with Crippen LogP contribution in [0.5, 0.6) is 0 Å². The molecule has 0 saturated heterocycles. The second-order valence-electron chi connectivity index (χ2n) is 3.78. The topological polar surface area (TPSA) is 40.5 Å². The van der Waals surface area contributed by atoms with E-state index in [1.165, 1.54) is 0 Å². The Labute approximate surface area is 103 Å². The minimum atomic E-state index is -0.895. The van der Waals surface area contributed by atoms with E-state index in [-0.39, 0.29) is 0 Å². The Bertz CT molecular complexity index is 269. The highest BCUT2D eigenvalue weighted by Gasteiger charge is 2.18. The van der Waals surface area contributed by atoms with Crippen LogP contribution in [-0.4, -0.2) is 22.4 Å². The number of unbranched alkanes of at least 4 members (excludes halogenated alkanes) is 1. The summed E-state index contributed by atoms with van der Waals surface area (Å²) in [7, 11) is 0. The summed E-state index contributed by atoms with van der Waals surface area (Å²) in [4.78, 5) is 0. The van der Waals surface area contributed by atoms with Crippen molar-refractivity contribution in [1.82, 2.24) is 0 Å². The molecule has 0 aliphatic carbocycles. The van der Waals surface area contributed by atoms with Gasteiger partial charge in [-0.05, 0) is 25.0 Å². The van der Waals surface area contributed by atoms with Gasteiger partial charge in [0.2, 0.25) is 0 Å². The molecule has 16 heavy (non-hydrogen) atoms. The molecule has 0 heterocycles. The Morgan fingerprint density at radius 2 is 2.06 bits per heavy atom. The first-order chi connectivity index (χ1) is 7.54. The molecule has 0 radical (unpaired) electrons. The van der Waals surface area contributed by atoms with Crippen molar-refractivity contribution in [3.63, 3.8) is 0 Å². The van der Waals surface area contributed by atoms with Gasteiger partial charge >= 0.3 is 0 Å². The highest BCUT2D eigenvalue weighted by Crippen LogP contribution is 2.19. The maximum Gasteiger partial charge on any atom is 0.102 e. The summed E-state index contributed by atoms with van der Waals surface area (Å²) in [5.41, 5.74) is 0.586. The number of allylic oxidation sites excluding steroid dienone is 4. The lowest BCUT2D eigenvalue weighted by Crippen LogP contribution is -2.27. The van der Waals surface area contributed by atoms with E-state index in [0.717, 1.165) is 12.8 Å². The molecule has 92 valence electrons. The van der Waals surface area contributed by atoms with Crippen LogP contribution in [0.15, 0.2) is 35.4 Å². The zero-order valence-corrected chi connectivity index (χ0v) is 10.7. The van der Waals surface area contributed by atoms with Gasteiger partial charge in [0.1, 0.15) is 6.10 Å².